The van der Waals surface area contributed by atoms with Crippen LogP contribution in [0.25, 0.3) is 0 Å². The molecule has 1 aromatic carbocycles. The normalized spacial score (nSPS) is 20.8. The van der Waals surface area contributed by atoms with Crippen LogP contribution in [0.4, 0.5) is 0 Å². The van der Waals surface area contributed by atoms with Gasteiger partial charge in [0, 0.05) is 11.5 Å². The van der Waals surface area contributed by atoms with E-state index in [1.807, 2.05) is 30.3 Å². The highest BCUT2D eigenvalue weighted by atomic mass is 32.2. The summed E-state index contributed by atoms with van der Waals surface area (Å²) in [6.45, 7) is 11.3. The number of hydrogen-bond donors (Lipinski definition) is 1. The second-order valence-electron chi connectivity index (χ2n) is 8.19. The third-order valence-electron chi connectivity index (χ3n) is 5.26. The fraction of sp³-hybridized carbons (Fsp3) is 0.579. The summed E-state index contributed by atoms with van der Waals surface area (Å²) in [7, 11) is -1.85. The number of carboxylic acids is 1. The second kappa shape index (κ2) is 8.15. The van der Waals surface area contributed by atoms with E-state index in [-0.39, 0.29) is 28.8 Å². The van der Waals surface area contributed by atoms with Crippen molar-refractivity contribution in [2.45, 2.75) is 55.6 Å². The van der Waals surface area contributed by atoms with Crippen molar-refractivity contribution in [3.63, 3.8) is 0 Å². The lowest BCUT2D eigenvalue weighted by Gasteiger charge is -2.46. The van der Waals surface area contributed by atoms with Crippen LogP contribution in [0.2, 0.25) is 18.1 Å². The Balaban J connectivity index is 2.01. The molecule has 1 heterocycles. The standard InChI is InChI=1S/C19H29NO4SSi/c1-19(2,3)26(4,5)24-12-11-15-17(23)20(13-16(21)22)18(15)25-14-9-7-6-8-10-14/h6-10,15,18H,11-13H2,1-5H3,(H,21,22). The fourth-order valence-electron chi connectivity index (χ4n) is 2.62. The highest BCUT2D eigenvalue weighted by molar-refractivity contribution is 8.00. The maximum atomic E-state index is 12.5. The lowest BCUT2D eigenvalue weighted by molar-refractivity contribution is -0.158. The van der Waals surface area contributed by atoms with Gasteiger partial charge in [0.05, 0.1) is 11.3 Å². The van der Waals surface area contributed by atoms with Crippen molar-refractivity contribution in [1.82, 2.24) is 4.90 Å². The highest BCUT2D eigenvalue weighted by Crippen LogP contribution is 2.42. The first-order valence-electron chi connectivity index (χ1n) is 8.91. The lowest BCUT2D eigenvalue weighted by Crippen LogP contribution is -2.60. The van der Waals surface area contributed by atoms with E-state index >= 15 is 0 Å². The Bertz CT molecular complexity index is 645. The summed E-state index contributed by atoms with van der Waals surface area (Å²) in [5.74, 6) is -1.25. The molecule has 0 aromatic heterocycles. The van der Waals surface area contributed by atoms with E-state index in [0.29, 0.717) is 13.0 Å². The van der Waals surface area contributed by atoms with Crippen LogP contribution in [0.15, 0.2) is 35.2 Å². The summed E-state index contributed by atoms with van der Waals surface area (Å²) in [4.78, 5) is 26.0. The number of hydrogen-bond acceptors (Lipinski definition) is 4. The molecule has 1 amide bonds. The largest absolute Gasteiger partial charge is 0.480 e. The summed E-state index contributed by atoms with van der Waals surface area (Å²) in [5, 5.41) is 9.07. The minimum Gasteiger partial charge on any atom is -0.480 e. The quantitative estimate of drug-likeness (QED) is 0.531. The summed E-state index contributed by atoms with van der Waals surface area (Å²) >= 11 is 1.55. The average molecular weight is 396 g/mol. The Hall–Kier alpha value is -1.31. The monoisotopic (exact) mass is 395 g/mol. The molecule has 1 saturated heterocycles. The minimum absolute atomic E-state index is 0.0836. The van der Waals surface area contributed by atoms with Crippen molar-refractivity contribution < 1.29 is 19.1 Å². The number of amides is 1. The van der Waals surface area contributed by atoms with Crippen molar-refractivity contribution in [3.8, 4) is 0 Å². The van der Waals surface area contributed by atoms with Crippen LogP contribution >= 0.6 is 11.8 Å². The molecule has 0 saturated carbocycles. The van der Waals surface area contributed by atoms with Gasteiger partial charge in [-0.25, -0.2) is 0 Å². The summed E-state index contributed by atoms with van der Waals surface area (Å²) in [6.07, 6.45) is 0.631. The van der Waals surface area contributed by atoms with E-state index < -0.39 is 14.3 Å². The van der Waals surface area contributed by atoms with Gasteiger partial charge in [0.25, 0.3) is 0 Å². The van der Waals surface area contributed by atoms with Crippen LogP contribution in [0.1, 0.15) is 27.2 Å². The molecular formula is C19H29NO4SSi. The first-order chi connectivity index (χ1) is 12.0. The van der Waals surface area contributed by atoms with Crippen LogP contribution in [-0.2, 0) is 14.0 Å². The molecule has 0 bridgehead atoms. The number of aliphatic carboxylic acids is 1. The Kier molecular flexibility index (Phi) is 6.58. The Morgan fingerprint density at radius 2 is 1.88 bits per heavy atom. The predicted molar refractivity (Wildman–Crippen MR) is 107 cm³/mol. The fourth-order valence-corrected chi connectivity index (χ4v) is 4.99. The zero-order valence-electron chi connectivity index (χ0n) is 16.2. The van der Waals surface area contributed by atoms with Gasteiger partial charge in [-0.05, 0) is 36.7 Å². The molecule has 1 aromatic rings. The number of carboxylic acid groups (broad SMARTS) is 1. The third-order valence-corrected chi connectivity index (χ3v) is 11.2. The van der Waals surface area contributed by atoms with Crippen LogP contribution in [0.5, 0.6) is 0 Å². The van der Waals surface area contributed by atoms with Gasteiger partial charge in [0.15, 0.2) is 8.32 Å². The maximum Gasteiger partial charge on any atom is 0.323 e. The third kappa shape index (κ3) is 4.90. The summed E-state index contributed by atoms with van der Waals surface area (Å²) in [6, 6.07) is 9.79. The molecule has 144 valence electrons. The van der Waals surface area contributed by atoms with Crippen molar-refractivity contribution in [2.75, 3.05) is 13.2 Å². The maximum absolute atomic E-state index is 12.5. The van der Waals surface area contributed by atoms with Crippen molar-refractivity contribution in [2.24, 2.45) is 5.92 Å². The molecule has 26 heavy (non-hydrogen) atoms. The van der Waals surface area contributed by atoms with Crippen LogP contribution in [0.3, 0.4) is 0 Å². The number of carbonyl (C=O) groups excluding carboxylic acids is 1. The van der Waals surface area contributed by atoms with Crippen molar-refractivity contribution >= 4 is 32.0 Å². The Labute approximate surface area is 161 Å². The van der Waals surface area contributed by atoms with Gasteiger partial charge in [-0.15, -0.1) is 11.8 Å². The smallest absolute Gasteiger partial charge is 0.323 e. The second-order valence-corrected chi connectivity index (χ2v) is 14.2. The van der Waals surface area contributed by atoms with E-state index in [9.17, 15) is 9.59 Å². The minimum atomic E-state index is -1.85. The number of rotatable bonds is 8. The SMILES string of the molecule is CC(C)(C)[Si](C)(C)OCCC1C(=O)N(CC(=O)O)C1Sc1ccccc1. The molecule has 5 nitrogen and oxygen atoms in total. The van der Waals surface area contributed by atoms with Crippen LogP contribution in [-0.4, -0.2) is 48.7 Å². The number of β-lactam (4-membered cyclic amide) rings is 1. The highest BCUT2D eigenvalue weighted by Gasteiger charge is 2.48. The molecule has 1 aliphatic heterocycles. The van der Waals surface area contributed by atoms with Crippen molar-refractivity contribution in [3.05, 3.63) is 30.3 Å². The van der Waals surface area contributed by atoms with Gasteiger partial charge in [-0.3, -0.25) is 9.59 Å². The number of nitrogens with zero attached hydrogens (tertiary/aromatic N) is 1. The van der Waals surface area contributed by atoms with Crippen molar-refractivity contribution in [1.29, 1.82) is 0 Å². The predicted octanol–water partition coefficient (Wildman–Crippen LogP) is 4.06. The molecule has 0 radical (unpaired) electrons. The molecule has 0 spiro atoms. The molecule has 1 fully saturated rings. The Morgan fingerprint density at radius 1 is 1.27 bits per heavy atom. The zero-order chi connectivity index (χ0) is 19.5. The number of likely N-dealkylation sites (tertiary alicyclic amines) is 1. The number of benzene rings is 1. The van der Waals surface area contributed by atoms with E-state index in [2.05, 4.69) is 33.9 Å². The van der Waals surface area contributed by atoms with E-state index in [4.69, 9.17) is 9.53 Å². The van der Waals surface area contributed by atoms with Gasteiger partial charge in [0.2, 0.25) is 5.91 Å². The lowest BCUT2D eigenvalue weighted by atomic mass is 9.95. The van der Waals surface area contributed by atoms with Crippen LogP contribution < -0.4 is 0 Å². The van der Waals surface area contributed by atoms with Gasteiger partial charge in [-0.1, -0.05) is 39.0 Å². The van der Waals surface area contributed by atoms with Crippen LogP contribution in [0, 0.1) is 5.92 Å². The van der Waals surface area contributed by atoms with Gasteiger partial charge >= 0.3 is 5.97 Å². The number of thioether (sulfide) groups is 1. The van der Waals surface area contributed by atoms with Gasteiger partial charge < -0.3 is 14.4 Å². The molecule has 0 aliphatic carbocycles. The number of carbonyl (C=O) groups is 2. The van der Waals surface area contributed by atoms with E-state index in [0.717, 1.165) is 4.90 Å². The average Bonchev–Trinajstić information content (AvgIpc) is 2.55. The summed E-state index contributed by atoms with van der Waals surface area (Å²) in [5.41, 5.74) is 0. The summed E-state index contributed by atoms with van der Waals surface area (Å²) < 4.78 is 6.21. The molecule has 1 N–H and O–H groups in total. The molecule has 2 atom stereocenters. The first kappa shape index (κ1) is 21.0. The molecule has 2 rings (SSSR count). The molecule has 1 aliphatic rings. The van der Waals surface area contributed by atoms with Gasteiger partial charge in [-0.2, -0.15) is 0 Å². The molecule has 7 heteroatoms. The van der Waals surface area contributed by atoms with E-state index in [1.54, 1.807) is 11.8 Å². The molecule has 2 unspecified atom stereocenters. The zero-order valence-corrected chi connectivity index (χ0v) is 18.0. The molecular weight excluding hydrogens is 366 g/mol. The topological polar surface area (TPSA) is 66.8 Å². The van der Waals surface area contributed by atoms with E-state index in [1.165, 1.54) is 4.90 Å². The van der Waals surface area contributed by atoms with Gasteiger partial charge in [0.1, 0.15) is 6.54 Å². The first-order valence-corrected chi connectivity index (χ1v) is 12.7. The Morgan fingerprint density at radius 3 is 2.42 bits per heavy atom.